The predicted molar refractivity (Wildman–Crippen MR) is 51.6 cm³/mol. The van der Waals surface area contributed by atoms with Gasteiger partial charge in [-0.25, -0.2) is 9.78 Å². The molecule has 0 spiro atoms. The first kappa shape index (κ1) is 9.92. The van der Waals surface area contributed by atoms with Gasteiger partial charge in [0.25, 0.3) is 0 Å². The number of thiazole rings is 1. The average Bonchev–Trinajstić information content (AvgIpc) is 2.57. The van der Waals surface area contributed by atoms with Crippen molar-refractivity contribution in [3.63, 3.8) is 0 Å². The summed E-state index contributed by atoms with van der Waals surface area (Å²) in [5.74, 6) is -0.338. The molecule has 1 heterocycles. The Hall–Kier alpha value is -1.16. The van der Waals surface area contributed by atoms with E-state index in [4.69, 9.17) is 4.74 Å². The van der Waals surface area contributed by atoms with Gasteiger partial charge >= 0.3 is 5.97 Å². The number of esters is 1. The zero-order valence-electron chi connectivity index (χ0n) is 7.45. The smallest absolute Gasteiger partial charge is 0.333 e. The lowest BCUT2D eigenvalue weighted by Gasteiger charge is -2.02. The lowest BCUT2D eigenvalue weighted by Crippen LogP contribution is -2.08. The van der Waals surface area contributed by atoms with Crippen molar-refractivity contribution in [1.82, 2.24) is 4.98 Å². The quantitative estimate of drug-likeness (QED) is 0.546. The zero-order chi connectivity index (χ0) is 9.68. The highest BCUT2D eigenvalue weighted by Gasteiger charge is 2.08. The van der Waals surface area contributed by atoms with E-state index < -0.39 is 0 Å². The van der Waals surface area contributed by atoms with Crippen LogP contribution >= 0.6 is 11.3 Å². The van der Waals surface area contributed by atoms with Gasteiger partial charge < -0.3 is 4.74 Å². The molecule has 0 aliphatic carbocycles. The summed E-state index contributed by atoms with van der Waals surface area (Å²) in [5.41, 5.74) is 3.05. The Balaban J connectivity index is 2.46. The van der Waals surface area contributed by atoms with Crippen LogP contribution < -0.4 is 0 Å². The largest absolute Gasteiger partial charge is 0.463 e. The van der Waals surface area contributed by atoms with E-state index in [0.717, 1.165) is 5.69 Å². The first-order valence-electron chi connectivity index (χ1n) is 3.96. The Bertz CT molecular complexity index is 293. The van der Waals surface area contributed by atoms with Crippen LogP contribution in [0.15, 0.2) is 23.0 Å². The topological polar surface area (TPSA) is 39.2 Å². The summed E-state index contributed by atoms with van der Waals surface area (Å²) in [6, 6.07) is 0. The van der Waals surface area contributed by atoms with Gasteiger partial charge in [0, 0.05) is 17.4 Å². The molecule has 0 saturated heterocycles. The molecule has 13 heavy (non-hydrogen) atoms. The molecule has 1 aromatic rings. The summed E-state index contributed by atoms with van der Waals surface area (Å²) < 4.78 is 4.79. The van der Waals surface area contributed by atoms with Crippen LogP contribution in [0.3, 0.4) is 0 Å². The molecule has 0 radical (unpaired) electrons. The fourth-order valence-corrected chi connectivity index (χ4v) is 1.41. The summed E-state index contributed by atoms with van der Waals surface area (Å²) in [5, 5.41) is 1.89. The van der Waals surface area contributed by atoms with E-state index in [1.54, 1.807) is 12.4 Å². The van der Waals surface area contributed by atoms with E-state index in [0.29, 0.717) is 18.6 Å². The van der Waals surface area contributed by atoms with Gasteiger partial charge in [-0.2, -0.15) is 0 Å². The molecule has 70 valence electrons. The van der Waals surface area contributed by atoms with E-state index >= 15 is 0 Å². The van der Waals surface area contributed by atoms with Gasteiger partial charge in [0.2, 0.25) is 0 Å². The third-order valence-electron chi connectivity index (χ3n) is 1.44. The monoisotopic (exact) mass is 197 g/mol. The van der Waals surface area contributed by atoms with Crippen LogP contribution in [0.5, 0.6) is 0 Å². The minimum absolute atomic E-state index is 0.338. The van der Waals surface area contributed by atoms with Crippen molar-refractivity contribution in [2.24, 2.45) is 0 Å². The molecule has 0 saturated carbocycles. The normalized spacial score (nSPS) is 9.62. The van der Waals surface area contributed by atoms with Crippen LogP contribution in [0.1, 0.15) is 12.6 Å². The van der Waals surface area contributed by atoms with Crippen molar-refractivity contribution in [2.75, 3.05) is 6.61 Å². The van der Waals surface area contributed by atoms with Crippen LogP contribution in [0.2, 0.25) is 0 Å². The van der Waals surface area contributed by atoms with E-state index in [1.165, 1.54) is 11.3 Å². The van der Waals surface area contributed by atoms with E-state index in [1.807, 2.05) is 5.38 Å². The Morgan fingerprint density at radius 2 is 2.54 bits per heavy atom. The van der Waals surface area contributed by atoms with Crippen molar-refractivity contribution in [1.29, 1.82) is 0 Å². The number of rotatable bonds is 4. The number of ether oxygens (including phenoxy) is 1. The second-order valence-electron chi connectivity index (χ2n) is 2.48. The summed E-state index contributed by atoms with van der Waals surface area (Å²) in [6.45, 7) is 5.79. The number of aromatic nitrogens is 1. The fraction of sp³-hybridized carbons (Fsp3) is 0.333. The Labute approximate surface area is 81.1 Å². The highest BCUT2D eigenvalue weighted by Crippen LogP contribution is 2.08. The molecule has 0 aliphatic heterocycles. The summed E-state index contributed by atoms with van der Waals surface area (Å²) in [4.78, 5) is 15.2. The van der Waals surface area contributed by atoms with Gasteiger partial charge in [-0.1, -0.05) is 6.58 Å². The van der Waals surface area contributed by atoms with Gasteiger partial charge in [-0.15, -0.1) is 11.3 Å². The zero-order valence-corrected chi connectivity index (χ0v) is 8.26. The SMILES string of the molecule is C=C(Cc1cscn1)C(=O)OCC. The van der Waals surface area contributed by atoms with Crippen molar-refractivity contribution in [3.8, 4) is 0 Å². The van der Waals surface area contributed by atoms with Crippen LogP contribution in [-0.2, 0) is 16.0 Å². The highest BCUT2D eigenvalue weighted by atomic mass is 32.1. The first-order valence-corrected chi connectivity index (χ1v) is 4.90. The van der Waals surface area contributed by atoms with Gasteiger partial charge in [-0.3, -0.25) is 0 Å². The second kappa shape index (κ2) is 4.77. The van der Waals surface area contributed by atoms with Crippen molar-refractivity contribution in [3.05, 3.63) is 28.7 Å². The van der Waals surface area contributed by atoms with Crippen LogP contribution in [0.4, 0.5) is 0 Å². The molecule has 0 bridgehead atoms. The second-order valence-corrected chi connectivity index (χ2v) is 3.20. The molecule has 3 nitrogen and oxygen atoms in total. The molecule has 0 fully saturated rings. The lowest BCUT2D eigenvalue weighted by atomic mass is 10.2. The fourth-order valence-electron chi connectivity index (χ4n) is 0.849. The molecule has 4 heteroatoms. The lowest BCUT2D eigenvalue weighted by molar-refractivity contribution is -0.138. The molecule has 0 atom stereocenters. The van der Waals surface area contributed by atoms with Crippen LogP contribution in [0.25, 0.3) is 0 Å². The van der Waals surface area contributed by atoms with Crippen molar-refractivity contribution in [2.45, 2.75) is 13.3 Å². The first-order chi connectivity index (χ1) is 6.24. The number of hydrogen-bond acceptors (Lipinski definition) is 4. The van der Waals surface area contributed by atoms with Gasteiger partial charge in [0.15, 0.2) is 0 Å². The third-order valence-corrected chi connectivity index (χ3v) is 2.08. The summed E-state index contributed by atoms with van der Waals surface area (Å²) >= 11 is 1.50. The molecule has 1 rings (SSSR count). The average molecular weight is 197 g/mol. The predicted octanol–water partition coefficient (Wildman–Crippen LogP) is 1.80. The van der Waals surface area contributed by atoms with Gasteiger partial charge in [-0.05, 0) is 6.92 Å². The van der Waals surface area contributed by atoms with E-state index in [-0.39, 0.29) is 5.97 Å². The van der Waals surface area contributed by atoms with E-state index in [9.17, 15) is 4.79 Å². The maximum Gasteiger partial charge on any atom is 0.333 e. The van der Waals surface area contributed by atoms with Crippen molar-refractivity contribution < 1.29 is 9.53 Å². The number of nitrogens with zero attached hydrogens (tertiary/aromatic N) is 1. The van der Waals surface area contributed by atoms with Gasteiger partial charge in [0.05, 0.1) is 17.8 Å². The summed E-state index contributed by atoms with van der Waals surface area (Å²) in [6.07, 6.45) is 0.475. The molecule has 0 aliphatic rings. The van der Waals surface area contributed by atoms with Gasteiger partial charge in [0.1, 0.15) is 0 Å². The number of hydrogen-bond donors (Lipinski definition) is 0. The number of carbonyl (C=O) groups excluding carboxylic acids is 1. The molecular weight excluding hydrogens is 186 g/mol. The number of carbonyl (C=O) groups is 1. The van der Waals surface area contributed by atoms with Crippen LogP contribution in [0, 0.1) is 0 Å². The summed E-state index contributed by atoms with van der Waals surface area (Å²) in [7, 11) is 0. The Kier molecular flexibility index (Phi) is 3.64. The van der Waals surface area contributed by atoms with Crippen LogP contribution in [-0.4, -0.2) is 17.6 Å². The minimum atomic E-state index is -0.338. The van der Waals surface area contributed by atoms with E-state index in [2.05, 4.69) is 11.6 Å². The molecule has 0 unspecified atom stereocenters. The van der Waals surface area contributed by atoms with Crippen molar-refractivity contribution >= 4 is 17.3 Å². The standard InChI is InChI=1S/C9H11NO2S/c1-3-12-9(11)7(2)4-8-5-13-6-10-8/h5-6H,2-4H2,1H3. The molecule has 0 N–H and O–H groups in total. The molecule has 1 aromatic heterocycles. The molecular formula is C9H11NO2S. The molecule has 0 amide bonds. The third kappa shape index (κ3) is 2.99. The maximum absolute atomic E-state index is 11.1. The Morgan fingerprint density at radius 1 is 1.77 bits per heavy atom. The molecule has 0 aromatic carbocycles. The minimum Gasteiger partial charge on any atom is -0.463 e. The Morgan fingerprint density at radius 3 is 3.08 bits per heavy atom. The maximum atomic E-state index is 11.1. The highest BCUT2D eigenvalue weighted by molar-refractivity contribution is 7.07.